The number of hydrogen-bond acceptors (Lipinski definition) is 1. The van der Waals surface area contributed by atoms with E-state index in [2.05, 4.69) is 44.3 Å². The van der Waals surface area contributed by atoms with Gasteiger partial charge in [0.25, 0.3) is 0 Å². The lowest BCUT2D eigenvalue weighted by atomic mass is 9.69. The quantitative estimate of drug-likeness (QED) is 0.826. The van der Waals surface area contributed by atoms with Crippen LogP contribution in [0.1, 0.15) is 55.7 Å². The van der Waals surface area contributed by atoms with Crippen LogP contribution >= 0.6 is 0 Å². The molecule has 1 aromatic carbocycles. The smallest absolute Gasteiger partial charge is 0.00109 e. The van der Waals surface area contributed by atoms with Crippen LogP contribution in [-0.4, -0.2) is 13.1 Å². The van der Waals surface area contributed by atoms with Gasteiger partial charge in [-0.3, -0.25) is 0 Å². The average molecular weight is 259 g/mol. The molecular formula is C18H29N. The molecule has 1 saturated carbocycles. The molecule has 2 rings (SSSR count). The molecule has 0 atom stereocenters. The lowest BCUT2D eigenvalue weighted by Gasteiger charge is -2.38. The average Bonchev–Trinajstić information content (AvgIpc) is 2.42. The predicted octanol–water partition coefficient (Wildman–Crippen LogP) is 4.41. The molecule has 1 N–H and O–H groups in total. The second-order valence-electron chi connectivity index (χ2n) is 6.45. The Morgan fingerprint density at radius 1 is 1.11 bits per heavy atom. The second-order valence-corrected chi connectivity index (χ2v) is 6.45. The molecule has 0 amide bonds. The second kappa shape index (κ2) is 6.56. The standard InChI is InChI=1S/C18H29N/c1-4-19-14-18(10-6-5-7-11-18)13-17-12-15(2)8-9-16(17)3/h8-9,12,19H,4-7,10-11,13-14H2,1-3H3. The van der Waals surface area contributed by atoms with Gasteiger partial charge in [-0.2, -0.15) is 0 Å². The van der Waals surface area contributed by atoms with Crippen LogP contribution < -0.4 is 5.32 Å². The van der Waals surface area contributed by atoms with Gasteiger partial charge >= 0.3 is 0 Å². The van der Waals surface area contributed by atoms with Crippen LogP contribution in [0.25, 0.3) is 0 Å². The van der Waals surface area contributed by atoms with E-state index in [1.54, 1.807) is 5.56 Å². The zero-order valence-electron chi connectivity index (χ0n) is 12.9. The van der Waals surface area contributed by atoms with Gasteiger partial charge < -0.3 is 5.32 Å². The number of benzene rings is 1. The van der Waals surface area contributed by atoms with Crippen molar-refractivity contribution in [3.8, 4) is 0 Å². The molecule has 0 heterocycles. The van der Waals surface area contributed by atoms with Crippen molar-refractivity contribution in [1.29, 1.82) is 0 Å². The molecule has 0 aliphatic heterocycles. The molecular weight excluding hydrogens is 230 g/mol. The third-order valence-electron chi connectivity index (χ3n) is 4.73. The summed E-state index contributed by atoms with van der Waals surface area (Å²) in [5, 5.41) is 3.61. The highest BCUT2D eigenvalue weighted by atomic mass is 14.9. The normalized spacial score (nSPS) is 18.5. The van der Waals surface area contributed by atoms with Crippen molar-refractivity contribution >= 4 is 0 Å². The van der Waals surface area contributed by atoms with Gasteiger partial charge in [0, 0.05) is 6.54 Å². The summed E-state index contributed by atoms with van der Waals surface area (Å²) in [6, 6.07) is 6.92. The van der Waals surface area contributed by atoms with E-state index in [0.717, 1.165) is 6.54 Å². The Labute approximate surface area is 118 Å². The first kappa shape index (κ1) is 14.6. The van der Waals surface area contributed by atoms with E-state index < -0.39 is 0 Å². The number of nitrogens with one attached hydrogen (secondary N) is 1. The van der Waals surface area contributed by atoms with Crippen LogP contribution in [0.15, 0.2) is 18.2 Å². The van der Waals surface area contributed by atoms with Gasteiger partial charge in [0.1, 0.15) is 0 Å². The third-order valence-corrected chi connectivity index (χ3v) is 4.73. The fourth-order valence-corrected chi connectivity index (χ4v) is 3.50. The fourth-order valence-electron chi connectivity index (χ4n) is 3.50. The molecule has 0 unspecified atom stereocenters. The summed E-state index contributed by atoms with van der Waals surface area (Å²) in [7, 11) is 0. The van der Waals surface area contributed by atoms with Crippen molar-refractivity contribution in [2.45, 2.75) is 59.3 Å². The Bertz CT molecular complexity index is 402. The molecule has 1 heteroatoms. The summed E-state index contributed by atoms with van der Waals surface area (Å²) in [5.41, 5.74) is 4.94. The molecule has 19 heavy (non-hydrogen) atoms. The van der Waals surface area contributed by atoms with Gasteiger partial charge in [-0.05, 0) is 56.2 Å². The molecule has 1 fully saturated rings. The molecule has 0 bridgehead atoms. The number of rotatable bonds is 5. The first-order valence-corrected chi connectivity index (χ1v) is 7.92. The lowest BCUT2D eigenvalue weighted by molar-refractivity contribution is 0.181. The highest BCUT2D eigenvalue weighted by Crippen LogP contribution is 2.39. The van der Waals surface area contributed by atoms with Crippen LogP contribution in [0.2, 0.25) is 0 Å². The van der Waals surface area contributed by atoms with Crippen molar-refractivity contribution in [2.75, 3.05) is 13.1 Å². The SMILES string of the molecule is CCNCC1(Cc2cc(C)ccc2C)CCCCC1. The third kappa shape index (κ3) is 3.82. The Morgan fingerprint density at radius 3 is 2.53 bits per heavy atom. The summed E-state index contributed by atoms with van der Waals surface area (Å²) in [6.45, 7) is 8.97. The van der Waals surface area contributed by atoms with Gasteiger partial charge in [0.05, 0.1) is 0 Å². The minimum atomic E-state index is 0.507. The van der Waals surface area contributed by atoms with E-state index in [1.807, 2.05) is 0 Å². The maximum Gasteiger partial charge on any atom is 0.00109 e. The van der Waals surface area contributed by atoms with Crippen molar-refractivity contribution in [2.24, 2.45) is 5.41 Å². The Kier molecular flexibility index (Phi) is 5.04. The molecule has 1 nitrogen and oxygen atoms in total. The van der Waals surface area contributed by atoms with Crippen molar-refractivity contribution in [1.82, 2.24) is 5.32 Å². The molecule has 0 saturated heterocycles. The molecule has 0 aromatic heterocycles. The number of aryl methyl sites for hydroxylation is 2. The molecule has 1 aliphatic carbocycles. The highest BCUT2D eigenvalue weighted by Gasteiger charge is 2.32. The van der Waals surface area contributed by atoms with Crippen LogP contribution in [-0.2, 0) is 6.42 Å². The van der Waals surface area contributed by atoms with E-state index in [1.165, 1.54) is 56.2 Å². The van der Waals surface area contributed by atoms with Crippen LogP contribution in [0.4, 0.5) is 0 Å². The van der Waals surface area contributed by atoms with Gasteiger partial charge in [0.15, 0.2) is 0 Å². The van der Waals surface area contributed by atoms with E-state index in [-0.39, 0.29) is 0 Å². The Balaban J connectivity index is 2.16. The molecule has 1 aromatic rings. The largest absolute Gasteiger partial charge is 0.316 e. The van der Waals surface area contributed by atoms with Gasteiger partial charge in [0.2, 0.25) is 0 Å². The van der Waals surface area contributed by atoms with Crippen LogP contribution in [0.3, 0.4) is 0 Å². The van der Waals surface area contributed by atoms with Gasteiger partial charge in [-0.25, -0.2) is 0 Å². The van der Waals surface area contributed by atoms with Gasteiger partial charge in [-0.15, -0.1) is 0 Å². The monoisotopic (exact) mass is 259 g/mol. The van der Waals surface area contributed by atoms with Crippen LogP contribution in [0.5, 0.6) is 0 Å². The summed E-state index contributed by atoms with van der Waals surface area (Å²) in [5.74, 6) is 0. The molecule has 0 spiro atoms. The highest BCUT2D eigenvalue weighted by molar-refractivity contribution is 5.31. The topological polar surface area (TPSA) is 12.0 Å². The Morgan fingerprint density at radius 2 is 1.84 bits per heavy atom. The zero-order valence-corrected chi connectivity index (χ0v) is 12.9. The zero-order chi connectivity index (χ0) is 13.7. The van der Waals surface area contributed by atoms with Crippen molar-refractivity contribution in [3.63, 3.8) is 0 Å². The fraction of sp³-hybridized carbons (Fsp3) is 0.667. The molecule has 106 valence electrons. The van der Waals surface area contributed by atoms with Crippen molar-refractivity contribution < 1.29 is 0 Å². The lowest BCUT2D eigenvalue weighted by Crippen LogP contribution is -2.38. The maximum absolute atomic E-state index is 3.61. The molecule has 0 radical (unpaired) electrons. The summed E-state index contributed by atoms with van der Waals surface area (Å²) < 4.78 is 0. The van der Waals surface area contributed by atoms with E-state index in [0.29, 0.717) is 5.41 Å². The summed E-state index contributed by atoms with van der Waals surface area (Å²) in [4.78, 5) is 0. The van der Waals surface area contributed by atoms with E-state index in [4.69, 9.17) is 0 Å². The summed E-state index contributed by atoms with van der Waals surface area (Å²) >= 11 is 0. The number of hydrogen-bond donors (Lipinski definition) is 1. The first-order valence-electron chi connectivity index (χ1n) is 7.92. The maximum atomic E-state index is 3.61. The molecule has 1 aliphatic rings. The van der Waals surface area contributed by atoms with E-state index in [9.17, 15) is 0 Å². The summed E-state index contributed by atoms with van der Waals surface area (Å²) in [6.07, 6.45) is 8.31. The first-order chi connectivity index (χ1) is 9.15. The van der Waals surface area contributed by atoms with Gasteiger partial charge in [-0.1, -0.05) is 49.9 Å². The Hall–Kier alpha value is -0.820. The minimum absolute atomic E-state index is 0.507. The minimum Gasteiger partial charge on any atom is -0.316 e. The van der Waals surface area contributed by atoms with Crippen LogP contribution in [0, 0.1) is 19.3 Å². The van der Waals surface area contributed by atoms with E-state index >= 15 is 0 Å². The predicted molar refractivity (Wildman–Crippen MR) is 83.7 cm³/mol. The van der Waals surface area contributed by atoms with Crippen molar-refractivity contribution in [3.05, 3.63) is 34.9 Å².